The summed E-state index contributed by atoms with van der Waals surface area (Å²) < 4.78 is 24.1. The van der Waals surface area contributed by atoms with Gasteiger partial charge in [0.1, 0.15) is 0 Å². The third-order valence-corrected chi connectivity index (χ3v) is 9.55. The lowest BCUT2D eigenvalue weighted by Gasteiger charge is -2.34. The molecule has 1 atom stereocenters. The number of ether oxygens (including phenoxy) is 1. The van der Waals surface area contributed by atoms with Crippen molar-refractivity contribution in [1.82, 2.24) is 0 Å². The fraction of sp³-hybridized carbons (Fsp3) is 0.600. The van der Waals surface area contributed by atoms with Gasteiger partial charge in [-0.25, -0.2) is 0 Å². The van der Waals surface area contributed by atoms with Gasteiger partial charge in [-0.1, -0.05) is 41.6 Å². The molecule has 0 saturated heterocycles. The van der Waals surface area contributed by atoms with Crippen molar-refractivity contribution in [2.75, 3.05) is 26.4 Å². The molecule has 1 aromatic carbocycles. The van der Waals surface area contributed by atoms with Gasteiger partial charge < -0.3 is 18.0 Å². The highest BCUT2D eigenvalue weighted by atomic mass is 32.2. The fourth-order valence-electron chi connectivity index (χ4n) is 2.73. The van der Waals surface area contributed by atoms with Crippen molar-refractivity contribution >= 4 is 43.0 Å². The Bertz CT molecular complexity index is 592. The van der Waals surface area contributed by atoms with Crippen LogP contribution in [0.15, 0.2) is 24.3 Å². The Morgan fingerprint density at radius 3 is 2.00 bits per heavy atom. The first-order valence-corrected chi connectivity index (χ1v) is 12.9. The van der Waals surface area contributed by atoms with Crippen molar-refractivity contribution in [3.63, 3.8) is 0 Å². The van der Waals surface area contributed by atoms with E-state index in [2.05, 4.69) is 0 Å². The van der Waals surface area contributed by atoms with E-state index >= 15 is 0 Å². The van der Waals surface area contributed by atoms with E-state index in [0.29, 0.717) is 49.2 Å². The monoisotopic (exact) mass is 444 g/mol. The Kier molecular flexibility index (Phi) is 12.1. The lowest BCUT2D eigenvalue weighted by Crippen LogP contribution is -2.55. The van der Waals surface area contributed by atoms with Gasteiger partial charge in [0.25, 0.3) is 0 Å². The molecule has 0 amide bonds. The quantitative estimate of drug-likeness (QED) is 0.242. The molecule has 0 fully saturated rings. The molecule has 158 valence electrons. The summed E-state index contributed by atoms with van der Waals surface area (Å²) in [4.78, 5) is 12.5. The highest BCUT2D eigenvalue weighted by Crippen LogP contribution is 2.31. The van der Waals surface area contributed by atoms with Gasteiger partial charge in [0.05, 0.1) is 11.5 Å². The van der Waals surface area contributed by atoms with Crippen molar-refractivity contribution in [1.29, 1.82) is 0 Å². The van der Waals surface area contributed by atoms with Crippen molar-refractivity contribution in [3.05, 3.63) is 35.4 Å². The number of carbonyl (C=O) groups is 1. The second-order valence-corrected chi connectivity index (χ2v) is 11.0. The molecule has 28 heavy (non-hydrogen) atoms. The van der Waals surface area contributed by atoms with E-state index in [1.165, 1.54) is 11.8 Å². The van der Waals surface area contributed by atoms with Crippen LogP contribution in [0.5, 0.6) is 0 Å². The third-order valence-electron chi connectivity index (χ3n) is 3.94. The van der Waals surface area contributed by atoms with Gasteiger partial charge in [-0.2, -0.15) is 0 Å². The first-order valence-electron chi connectivity index (χ1n) is 9.77. The number of Topliss-reactive ketones (excluding diaryl/α,β-unsaturated/α-hetero) is 1. The molecular weight excluding hydrogens is 412 g/mol. The largest absolute Gasteiger partial charge is 0.515 e. The zero-order valence-electron chi connectivity index (χ0n) is 17.5. The molecular formula is C20H32O5S2Si. The minimum absolute atomic E-state index is 0.0836. The summed E-state index contributed by atoms with van der Waals surface area (Å²) in [5.74, 6) is 0.0836. The number of hydrogen-bond acceptors (Lipinski definition) is 7. The normalized spacial score (nSPS) is 12.6. The number of hydrogen-bond donors (Lipinski definition) is 0. The second kappa shape index (κ2) is 13.5. The summed E-state index contributed by atoms with van der Waals surface area (Å²) in [5.41, 5.74) is 1.83. The number of ketones is 1. The summed E-state index contributed by atoms with van der Waals surface area (Å²) in [6.45, 7) is 11.5. The lowest BCUT2D eigenvalue weighted by atomic mass is 10.1. The van der Waals surface area contributed by atoms with Crippen LogP contribution in [-0.2, 0) is 18.0 Å². The molecule has 0 aliphatic carbocycles. The van der Waals surface area contributed by atoms with E-state index < -0.39 is 8.80 Å². The van der Waals surface area contributed by atoms with E-state index in [9.17, 15) is 4.79 Å². The van der Waals surface area contributed by atoms with Crippen molar-refractivity contribution in [2.45, 2.75) is 52.3 Å². The summed E-state index contributed by atoms with van der Waals surface area (Å²) in [6, 6.07) is 7.62. The molecule has 0 heterocycles. The molecule has 0 aliphatic heterocycles. The van der Waals surface area contributed by atoms with E-state index in [4.69, 9.17) is 30.2 Å². The first kappa shape index (κ1) is 25.3. The summed E-state index contributed by atoms with van der Waals surface area (Å²) in [6.07, 6.45) is 0.897. The first-order chi connectivity index (χ1) is 13.4. The molecule has 0 N–H and O–H groups in total. The van der Waals surface area contributed by atoms with Crippen LogP contribution in [0.3, 0.4) is 0 Å². The highest BCUT2D eigenvalue weighted by Gasteiger charge is 2.50. The molecule has 5 nitrogen and oxygen atoms in total. The standard InChI is InChI=1S/C20H32O5S2Si/c1-6-22-20(26)27-19(28(23-7-2,24-8-3)25-9-4)15-14-18(21)17-12-10-16(5)11-13-17/h10-13,19H,6-9,14-15H2,1-5H3. The Morgan fingerprint density at radius 2 is 1.54 bits per heavy atom. The van der Waals surface area contributed by atoms with Gasteiger partial charge in [-0.15, -0.1) is 0 Å². The fourth-order valence-corrected chi connectivity index (χ4v) is 8.13. The molecule has 0 aromatic heterocycles. The van der Waals surface area contributed by atoms with Crippen LogP contribution in [0.4, 0.5) is 0 Å². The highest BCUT2D eigenvalue weighted by molar-refractivity contribution is 8.23. The van der Waals surface area contributed by atoms with Crippen molar-refractivity contribution < 1.29 is 22.8 Å². The number of benzene rings is 1. The Morgan fingerprint density at radius 1 is 1.00 bits per heavy atom. The maximum absolute atomic E-state index is 12.7. The average molecular weight is 445 g/mol. The van der Waals surface area contributed by atoms with Crippen molar-refractivity contribution in [3.8, 4) is 0 Å². The Labute approximate surface area is 179 Å². The molecule has 1 unspecified atom stereocenters. The van der Waals surface area contributed by atoms with Crippen LogP contribution < -0.4 is 0 Å². The molecule has 0 bridgehead atoms. The van der Waals surface area contributed by atoms with Gasteiger partial charge in [0.15, 0.2) is 5.78 Å². The topological polar surface area (TPSA) is 54.0 Å². The lowest BCUT2D eigenvalue weighted by molar-refractivity contribution is 0.0685. The molecule has 0 saturated carbocycles. The number of thiocarbonyl (C=S) groups is 1. The van der Waals surface area contributed by atoms with E-state index in [1.54, 1.807) is 0 Å². The van der Waals surface area contributed by atoms with E-state index in [1.807, 2.05) is 58.9 Å². The predicted molar refractivity (Wildman–Crippen MR) is 121 cm³/mol. The van der Waals surface area contributed by atoms with Crippen LogP contribution in [0, 0.1) is 6.92 Å². The maximum atomic E-state index is 12.7. The molecule has 0 radical (unpaired) electrons. The summed E-state index contributed by atoms with van der Waals surface area (Å²) in [7, 11) is -3.05. The molecule has 0 spiro atoms. The minimum atomic E-state index is -3.05. The SMILES string of the molecule is CCOC(=S)SC(CCC(=O)c1ccc(C)cc1)[Si](OCC)(OCC)OCC. The van der Waals surface area contributed by atoms with Gasteiger partial charge in [-0.3, -0.25) is 4.79 Å². The van der Waals surface area contributed by atoms with Gasteiger partial charge in [0, 0.05) is 31.8 Å². The third kappa shape index (κ3) is 7.92. The average Bonchev–Trinajstić information content (AvgIpc) is 2.66. The van der Waals surface area contributed by atoms with Crippen LogP contribution in [0.2, 0.25) is 0 Å². The molecule has 8 heteroatoms. The Hall–Kier alpha value is -0.773. The summed E-state index contributed by atoms with van der Waals surface area (Å²) in [5, 5.41) is 0. The molecule has 1 aromatic rings. The number of carbonyl (C=O) groups excluding carboxylic acids is 1. The second-order valence-electron chi connectivity index (χ2n) is 6.02. The summed E-state index contributed by atoms with van der Waals surface area (Å²) >= 11 is 6.73. The van der Waals surface area contributed by atoms with Crippen LogP contribution in [-0.4, -0.2) is 50.3 Å². The van der Waals surface area contributed by atoms with Crippen molar-refractivity contribution in [2.24, 2.45) is 0 Å². The van der Waals surface area contributed by atoms with Gasteiger partial charge >= 0.3 is 8.80 Å². The zero-order valence-corrected chi connectivity index (χ0v) is 20.1. The number of aryl methyl sites for hydroxylation is 1. The number of thioether (sulfide) groups is 1. The van der Waals surface area contributed by atoms with E-state index in [0.717, 1.165) is 5.56 Å². The zero-order chi connectivity index (χ0) is 21.0. The Balaban J connectivity index is 3.02. The van der Waals surface area contributed by atoms with E-state index in [-0.39, 0.29) is 10.7 Å². The van der Waals surface area contributed by atoms with Crippen LogP contribution in [0.1, 0.15) is 56.5 Å². The van der Waals surface area contributed by atoms with Crippen LogP contribution >= 0.6 is 24.0 Å². The van der Waals surface area contributed by atoms with Gasteiger partial charge in [0.2, 0.25) is 4.38 Å². The maximum Gasteiger partial charge on any atom is 0.515 e. The smallest absolute Gasteiger partial charge is 0.479 e. The number of rotatable bonds is 13. The molecule has 0 aliphatic rings. The minimum Gasteiger partial charge on any atom is -0.479 e. The van der Waals surface area contributed by atoms with Crippen LogP contribution in [0.25, 0.3) is 0 Å². The predicted octanol–water partition coefficient (Wildman–Crippen LogP) is 4.97. The van der Waals surface area contributed by atoms with Gasteiger partial charge in [-0.05, 0) is 53.3 Å². The molecule has 1 rings (SSSR count).